The smallest absolute Gasteiger partial charge is 0.295 e. The number of methoxy groups -OCH3 is 1. The van der Waals surface area contributed by atoms with E-state index < -0.39 is 17.5 Å². The van der Waals surface area contributed by atoms with Crippen molar-refractivity contribution in [1.29, 1.82) is 0 Å². The van der Waals surface area contributed by atoms with E-state index in [0.29, 0.717) is 26.2 Å². The van der Waals surface area contributed by atoms with E-state index in [2.05, 4.69) is 15.3 Å². The summed E-state index contributed by atoms with van der Waals surface area (Å²) in [6.45, 7) is 2.97. The van der Waals surface area contributed by atoms with Gasteiger partial charge in [-0.1, -0.05) is 12.1 Å². The molecule has 1 aromatic carbocycles. The number of hydrogen-bond donors (Lipinski definition) is 2. The Hall–Kier alpha value is -3.35. The van der Waals surface area contributed by atoms with Crippen LogP contribution in [0.2, 0.25) is 0 Å². The first kappa shape index (κ1) is 26.3. The van der Waals surface area contributed by atoms with Gasteiger partial charge in [0.25, 0.3) is 23.4 Å². The Bertz CT molecular complexity index is 1030. The number of Topliss-reactive ketones (excluding diaryl/α,β-unsaturated/α-hetero) is 1. The van der Waals surface area contributed by atoms with Crippen LogP contribution in [0.25, 0.3) is 0 Å². The summed E-state index contributed by atoms with van der Waals surface area (Å²) in [4.78, 5) is 47.4. The molecule has 11 nitrogen and oxygen atoms in total. The maximum Gasteiger partial charge on any atom is 0.295 e. The highest BCUT2D eigenvalue weighted by Gasteiger charge is 2.59. The first-order valence-electron chi connectivity index (χ1n) is 11.2. The van der Waals surface area contributed by atoms with Gasteiger partial charge in [0.15, 0.2) is 5.88 Å². The van der Waals surface area contributed by atoms with Gasteiger partial charge in [0.2, 0.25) is 0 Å². The quantitative estimate of drug-likeness (QED) is 0.164. The van der Waals surface area contributed by atoms with Crippen molar-refractivity contribution in [3.63, 3.8) is 0 Å². The predicted octanol–water partition coefficient (Wildman–Crippen LogP) is -0.491. The van der Waals surface area contributed by atoms with Crippen LogP contribution < -0.4 is 11.2 Å². The van der Waals surface area contributed by atoms with Gasteiger partial charge in [-0.25, -0.2) is 14.8 Å². The minimum atomic E-state index is -1.59. The van der Waals surface area contributed by atoms with Crippen LogP contribution in [-0.4, -0.2) is 104 Å². The maximum absolute atomic E-state index is 13.3. The predicted molar refractivity (Wildman–Crippen MR) is 127 cm³/mol. The SMILES string of the molecule is COC(N)=C(C=NC1(C(=O)C(=O)N(C)C)NN1C)C(=O)N1CCCN(Cc2ccc(F)cc2)CC1. The highest BCUT2D eigenvalue weighted by atomic mass is 19.1. The van der Waals surface area contributed by atoms with Crippen LogP contribution in [-0.2, 0) is 25.7 Å². The van der Waals surface area contributed by atoms with E-state index in [4.69, 9.17) is 10.5 Å². The Morgan fingerprint density at radius 3 is 2.43 bits per heavy atom. The molecule has 0 radical (unpaired) electrons. The molecule has 2 unspecified atom stereocenters. The van der Waals surface area contributed by atoms with Crippen LogP contribution in [0.15, 0.2) is 40.7 Å². The largest absolute Gasteiger partial charge is 0.482 e. The number of ether oxygens (including phenoxy) is 1. The number of hydrazine groups is 1. The summed E-state index contributed by atoms with van der Waals surface area (Å²) in [6, 6.07) is 6.37. The van der Waals surface area contributed by atoms with Gasteiger partial charge in [-0.3, -0.25) is 19.3 Å². The zero-order valence-corrected chi connectivity index (χ0v) is 20.5. The van der Waals surface area contributed by atoms with E-state index in [1.54, 1.807) is 24.1 Å². The number of benzene rings is 1. The number of nitrogens with zero attached hydrogens (tertiary/aromatic N) is 5. The molecular weight excluding hydrogens is 457 g/mol. The minimum Gasteiger partial charge on any atom is -0.482 e. The van der Waals surface area contributed by atoms with Crippen LogP contribution in [0.5, 0.6) is 0 Å². The number of aliphatic imine (C=N–C) groups is 1. The Morgan fingerprint density at radius 1 is 1.20 bits per heavy atom. The van der Waals surface area contributed by atoms with Crippen molar-refractivity contribution >= 4 is 23.8 Å². The molecule has 2 aliphatic rings. The fraction of sp³-hybridized carbons (Fsp3) is 0.478. The highest BCUT2D eigenvalue weighted by molar-refractivity contribution is 6.40. The van der Waals surface area contributed by atoms with Gasteiger partial charge in [0.05, 0.1) is 7.11 Å². The lowest BCUT2D eigenvalue weighted by Crippen LogP contribution is -2.42. The van der Waals surface area contributed by atoms with Gasteiger partial charge >= 0.3 is 0 Å². The zero-order chi connectivity index (χ0) is 25.8. The second-order valence-corrected chi connectivity index (χ2v) is 8.66. The summed E-state index contributed by atoms with van der Waals surface area (Å²) < 4.78 is 18.3. The number of carbonyl (C=O) groups excluding carboxylic acids is 3. The van der Waals surface area contributed by atoms with Crippen LogP contribution in [0.4, 0.5) is 4.39 Å². The number of carbonyl (C=O) groups is 3. The standard InChI is InChI=1S/C23H32FN7O4/c1-28(2)22(34)19(32)23(27-29(23)3)26-14-18(20(25)35-4)21(33)31-11-5-10-30(12-13-31)15-16-6-8-17(24)9-7-16/h6-9,14,27H,5,10-13,15,25H2,1-4H3. The number of likely N-dealkylation sites (N-methyl/N-ethyl adjacent to an activating group) is 2. The van der Waals surface area contributed by atoms with E-state index in [1.165, 1.54) is 44.6 Å². The molecular formula is C23H32FN7O4. The summed E-state index contributed by atoms with van der Waals surface area (Å²) in [5.41, 5.74) is 9.67. The summed E-state index contributed by atoms with van der Waals surface area (Å²) in [5, 5.41) is 1.37. The molecule has 2 amide bonds. The van der Waals surface area contributed by atoms with E-state index >= 15 is 0 Å². The van der Waals surface area contributed by atoms with Crippen LogP contribution in [0, 0.1) is 5.82 Å². The molecule has 2 saturated heterocycles. The molecule has 2 heterocycles. The lowest BCUT2D eigenvalue weighted by atomic mass is 10.2. The third-order valence-corrected chi connectivity index (χ3v) is 5.97. The Balaban J connectivity index is 1.72. The normalized spacial score (nSPS) is 23.5. The van der Waals surface area contributed by atoms with Crippen molar-refractivity contribution < 1.29 is 23.5 Å². The maximum atomic E-state index is 13.3. The molecule has 0 aromatic heterocycles. The third-order valence-electron chi connectivity index (χ3n) is 5.97. The van der Waals surface area contributed by atoms with Crippen LogP contribution >= 0.6 is 0 Å². The van der Waals surface area contributed by atoms with Crippen molar-refractivity contribution in [2.24, 2.45) is 10.7 Å². The van der Waals surface area contributed by atoms with Crippen LogP contribution in [0.1, 0.15) is 12.0 Å². The van der Waals surface area contributed by atoms with E-state index in [-0.39, 0.29) is 23.2 Å². The molecule has 1 aromatic rings. The summed E-state index contributed by atoms with van der Waals surface area (Å²) >= 11 is 0. The average Bonchev–Trinajstić information content (AvgIpc) is 3.56. The lowest BCUT2D eigenvalue weighted by molar-refractivity contribution is -0.144. The van der Waals surface area contributed by atoms with Crippen molar-refractivity contribution in [2.45, 2.75) is 18.8 Å². The topological polar surface area (TPSA) is 133 Å². The first-order valence-corrected chi connectivity index (χ1v) is 11.2. The molecule has 2 atom stereocenters. The van der Waals surface area contributed by atoms with Crippen molar-refractivity contribution in [1.82, 2.24) is 25.1 Å². The number of ketones is 1. The molecule has 3 rings (SSSR count). The Kier molecular flexibility index (Phi) is 8.20. The molecule has 3 N–H and O–H groups in total. The number of amides is 2. The summed E-state index contributed by atoms with van der Waals surface area (Å²) in [5.74, 6) is -3.91. The van der Waals surface area contributed by atoms with Gasteiger partial charge < -0.3 is 20.3 Å². The van der Waals surface area contributed by atoms with Crippen molar-refractivity contribution in [3.05, 3.63) is 47.1 Å². The molecule has 0 spiro atoms. The fourth-order valence-corrected chi connectivity index (χ4v) is 3.78. The second kappa shape index (κ2) is 10.9. The van der Waals surface area contributed by atoms with Crippen LogP contribution in [0.3, 0.4) is 0 Å². The average molecular weight is 490 g/mol. The number of nitrogens with one attached hydrogen (secondary N) is 1. The Morgan fingerprint density at radius 2 is 1.86 bits per heavy atom. The molecule has 0 saturated carbocycles. The molecule has 2 fully saturated rings. The number of nitrogens with two attached hydrogens (primary N) is 1. The Labute approximate surface area is 203 Å². The van der Waals surface area contributed by atoms with Gasteiger partial charge in [-0.2, -0.15) is 5.01 Å². The summed E-state index contributed by atoms with van der Waals surface area (Å²) in [6.07, 6.45) is 1.91. The molecule has 0 aliphatic carbocycles. The second-order valence-electron chi connectivity index (χ2n) is 8.66. The lowest BCUT2D eigenvalue weighted by Gasteiger charge is -2.23. The molecule has 190 valence electrons. The summed E-state index contributed by atoms with van der Waals surface area (Å²) in [7, 11) is 5.84. The van der Waals surface area contributed by atoms with E-state index in [1.807, 2.05) is 0 Å². The van der Waals surface area contributed by atoms with Gasteiger partial charge in [0, 0.05) is 60.1 Å². The minimum absolute atomic E-state index is 0.00828. The van der Waals surface area contributed by atoms with E-state index in [0.717, 1.165) is 23.4 Å². The molecule has 12 heteroatoms. The number of hydrogen-bond acceptors (Lipinski definition) is 9. The van der Waals surface area contributed by atoms with E-state index in [9.17, 15) is 18.8 Å². The monoisotopic (exact) mass is 489 g/mol. The molecule has 2 aliphatic heterocycles. The van der Waals surface area contributed by atoms with Gasteiger partial charge in [-0.05, 0) is 24.1 Å². The molecule has 0 bridgehead atoms. The third kappa shape index (κ3) is 6.02. The fourth-order valence-electron chi connectivity index (χ4n) is 3.78. The number of rotatable bonds is 8. The molecule has 35 heavy (non-hydrogen) atoms. The van der Waals surface area contributed by atoms with Gasteiger partial charge in [-0.15, -0.1) is 0 Å². The van der Waals surface area contributed by atoms with Gasteiger partial charge in [0.1, 0.15) is 11.4 Å². The van der Waals surface area contributed by atoms with Crippen molar-refractivity contribution in [2.75, 3.05) is 54.4 Å². The zero-order valence-electron chi connectivity index (χ0n) is 20.5. The number of halogens is 1. The first-order chi connectivity index (χ1) is 16.6. The van der Waals surface area contributed by atoms with Crippen molar-refractivity contribution in [3.8, 4) is 0 Å². The highest BCUT2D eigenvalue weighted by Crippen LogP contribution is 2.26.